The van der Waals surface area contributed by atoms with Crippen molar-refractivity contribution in [3.8, 4) is 5.75 Å². The minimum Gasteiger partial charge on any atom is -0.494 e. The number of carbonyl (C=O) groups is 1. The zero-order chi connectivity index (χ0) is 21.6. The van der Waals surface area contributed by atoms with Crippen molar-refractivity contribution in [1.29, 1.82) is 0 Å². The van der Waals surface area contributed by atoms with Gasteiger partial charge < -0.3 is 9.64 Å². The van der Waals surface area contributed by atoms with E-state index < -0.39 is 15.8 Å². The molecule has 1 heterocycles. The summed E-state index contributed by atoms with van der Waals surface area (Å²) in [7, 11) is -3.78. The Bertz CT molecular complexity index is 955. The first-order chi connectivity index (χ1) is 14.4. The normalized spacial score (nSPS) is 15.2. The van der Waals surface area contributed by atoms with Crippen molar-refractivity contribution in [2.24, 2.45) is 0 Å². The van der Waals surface area contributed by atoms with E-state index in [9.17, 15) is 17.6 Å². The van der Waals surface area contributed by atoms with Crippen LogP contribution in [-0.2, 0) is 10.0 Å². The SMILES string of the molecule is CCCCCOc1ccc(C(=O)N2CCN(S(=O)(=O)c3cccc(F)c3)CC2)cc1. The van der Waals surface area contributed by atoms with Crippen LogP contribution in [0.25, 0.3) is 0 Å². The molecule has 1 saturated heterocycles. The number of halogens is 1. The highest BCUT2D eigenvalue weighted by molar-refractivity contribution is 7.89. The maximum Gasteiger partial charge on any atom is 0.253 e. The van der Waals surface area contributed by atoms with Crippen molar-refractivity contribution >= 4 is 15.9 Å². The maximum absolute atomic E-state index is 13.4. The van der Waals surface area contributed by atoms with E-state index in [1.807, 2.05) is 0 Å². The Balaban J connectivity index is 1.56. The van der Waals surface area contributed by atoms with Crippen LogP contribution in [0.5, 0.6) is 5.75 Å². The van der Waals surface area contributed by atoms with E-state index in [2.05, 4.69) is 6.92 Å². The summed E-state index contributed by atoms with van der Waals surface area (Å²) in [5.41, 5.74) is 0.539. The van der Waals surface area contributed by atoms with Gasteiger partial charge in [-0.15, -0.1) is 0 Å². The van der Waals surface area contributed by atoms with Crippen molar-refractivity contribution in [1.82, 2.24) is 9.21 Å². The molecular weight excluding hydrogens is 407 g/mol. The molecule has 0 radical (unpaired) electrons. The lowest BCUT2D eigenvalue weighted by Crippen LogP contribution is -2.50. The molecule has 0 atom stereocenters. The van der Waals surface area contributed by atoms with Gasteiger partial charge in [-0.1, -0.05) is 25.8 Å². The molecule has 1 aliphatic rings. The Kier molecular flexibility index (Phi) is 7.44. The standard InChI is InChI=1S/C22H27FN2O4S/c1-2-3-4-16-29-20-10-8-18(9-11-20)22(26)24-12-14-25(15-13-24)30(27,28)21-7-5-6-19(23)17-21/h5-11,17H,2-4,12-16H2,1H3. The van der Waals surface area contributed by atoms with Crippen molar-refractivity contribution < 1.29 is 22.3 Å². The molecule has 8 heteroatoms. The first-order valence-corrected chi connectivity index (χ1v) is 11.6. The number of hydrogen-bond donors (Lipinski definition) is 0. The van der Waals surface area contributed by atoms with Gasteiger partial charge in [-0.05, 0) is 48.9 Å². The predicted octanol–water partition coefficient (Wildman–Crippen LogP) is 3.54. The average molecular weight is 435 g/mol. The fourth-order valence-corrected chi connectivity index (χ4v) is 4.78. The Morgan fingerprint density at radius 1 is 1.03 bits per heavy atom. The van der Waals surface area contributed by atoms with Gasteiger partial charge in [0.05, 0.1) is 11.5 Å². The van der Waals surface area contributed by atoms with E-state index in [-0.39, 0.29) is 37.0 Å². The quantitative estimate of drug-likeness (QED) is 0.596. The number of piperazine rings is 1. The fraction of sp³-hybridized carbons (Fsp3) is 0.409. The second-order valence-electron chi connectivity index (χ2n) is 7.23. The predicted molar refractivity (Wildman–Crippen MR) is 113 cm³/mol. The Labute approximate surface area is 177 Å². The van der Waals surface area contributed by atoms with Gasteiger partial charge in [-0.2, -0.15) is 4.31 Å². The van der Waals surface area contributed by atoms with Crippen LogP contribution < -0.4 is 4.74 Å². The van der Waals surface area contributed by atoms with Crippen LogP contribution in [0.2, 0.25) is 0 Å². The molecule has 1 fully saturated rings. The third kappa shape index (κ3) is 5.37. The van der Waals surface area contributed by atoms with Crippen LogP contribution in [-0.4, -0.2) is 56.3 Å². The van der Waals surface area contributed by atoms with Gasteiger partial charge in [0.2, 0.25) is 10.0 Å². The van der Waals surface area contributed by atoms with Crippen LogP contribution in [0.3, 0.4) is 0 Å². The number of carbonyl (C=O) groups excluding carboxylic acids is 1. The first-order valence-electron chi connectivity index (χ1n) is 10.2. The summed E-state index contributed by atoms with van der Waals surface area (Å²) in [4.78, 5) is 14.3. The van der Waals surface area contributed by atoms with Gasteiger partial charge in [0.1, 0.15) is 11.6 Å². The maximum atomic E-state index is 13.4. The number of rotatable bonds is 8. The molecule has 0 spiro atoms. The molecule has 30 heavy (non-hydrogen) atoms. The van der Waals surface area contributed by atoms with Crippen molar-refractivity contribution in [3.63, 3.8) is 0 Å². The summed E-state index contributed by atoms with van der Waals surface area (Å²) >= 11 is 0. The highest BCUT2D eigenvalue weighted by atomic mass is 32.2. The van der Waals surface area contributed by atoms with Crippen molar-refractivity contribution in [3.05, 3.63) is 59.9 Å². The number of sulfonamides is 1. The molecule has 0 bridgehead atoms. The number of amides is 1. The van der Waals surface area contributed by atoms with Crippen molar-refractivity contribution in [2.45, 2.75) is 31.1 Å². The lowest BCUT2D eigenvalue weighted by Gasteiger charge is -2.34. The van der Waals surface area contributed by atoms with E-state index in [1.165, 1.54) is 22.5 Å². The van der Waals surface area contributed by atoms with Gasteiger partial charge in [0.25, 0.3) is 5.91 Å². The van der Waals surface area contributed by atoms with Gasteiger partial charge in [-0.3, -0.25) is 4.79 Å². The molecule has 0 saturated carbocycles. The molecule has 1 aliphatic heterocycles. The number of benzene rings is 2. The fourth-order valence-electron chi connectivity index (χ4n) is 3.33. The molecule has 2 aromatic rings. The lowest BCUT2D eigenvalue weighted by atomic mass is 10.2. The summed E-state index contributed by atoms with van der Waals surface area (Å²) in [6.45, 7) is 3.69. The van der Waals surface area contributed by atoms with E-state index in [4.69, 9.17) is 4.74 Å². The summed E-state index contributed by atoms with van der Waals surface area (Å²) in [5.74, 6) is -0.00771. The van der Waals surface area contributed by atoms with Crippen LogP contribution in [0, 0.1) is 5.82 Å². The van der Waals surface area contributed by atoms with Gasteiger partial charge >= 0.3 is 0 Å². The van der Waals surface area contributed by atoms with Crippen LogP contribution >= 0.6 is 0 Å². The molecule has 2 aromatic carbocycles. The molecule has 0 unspecified atom stereocenters. The smallest absolute Gasteiger partial charge is 0.253 e. The number of hydrogen-bond acceptors (Lipinski definition) is 4. The molecule has 0 aliphatic carbocycles. The van der Waals surface area contributed by atoms with Crippen LogP contribution in [0.1, 0.15) is 36.5 Å². The van der Waals surface area contributed by atoms with Gasteiger partial charge in [-0.25, -0.2) is 12.8 Å². The molecular formula is C22H27FN2O4S. The first kappa shape index (κ1) is 22.2. The Morgan fingerprint density at radius 2 is 1.73 bits per heavy atom. The van der Waals surface area contributed by atoms with E-state index in [1.54, 1.807) is 29.2 Å². The Morgan fingerprint density at radius 3 is 2.37 bits per heavy atom. The van der Waals surface area contributed by atoms with E-state index in [0.29, 0.717) is 12.2 Å². The molecule has 1 amide bonds. The molecule has 0 aromatic heterocycles. The Hall–Kier alpha value is -2.45. The minimum absolute atomic E-state index is 0.0724. The minimum atomic E-state index is -3.78. The van der Waals surface area contributed by atoms with Gasteiger partial charge in [0, 0.05) is 31.7 Å². The molecule has 162 valence electrons. The molecule has 0 N–H and O–H groups in total. The van der Waals surface area contributed by atoms with E-state index >= 15 is 0 Å². The van der Waals surface area contributed by atoms with Crippen LogP contribution in [0.4, 0.5) is 4.39 Å². The zero-order valence-corrected chi connectivity index (χ0v) is 17.9. The monoisotopic (exact) mass is 434 g/mol. The number of nitrogens with zero attached hydrogens (tertiary/aromatic N) is 2. The highest BCUT2D eigenvalue weighted by Crippen LogP contribution is 2.20. The molecule has 6 nitrogen and oxygen atoms in total. The number of unbranched alkanes of at least 4 members (excludes halogenated alkanes) is 2. The summed E-state index contributed by atoms with van der Waals surface area (Å²) in [5, 5.41) is 0. The van der Waals surface area contributed by atoms with Crippen LogP contribution in [0.15, 0.2) is 53.4 Å². The zero-order valence-electron chi connectivity index (χ0n) is 17.1. The summed E-state index contributed by atoms with van der Waals surface area (Å²) in [6.07, 6.45) is 3.26. The lowest BCUT2D eigenvalue weighted by molar-refractivity contribution is 0.0698. The second kappa shape index (κ2) is 10.0. The van der Waals surface area contributed by atoms with Gasteiger partial charge in [0.15, 0.2) is 0 Å². The summed E-state index contributed by atoms with van der Waals surface area (Å²) in [6, 6.07) is 12.0. The largest absolute Gasteiger partial charge is 0.494 e. The third-order valence-corrected chi connectivity index (χ3v) is 6.97. The second-order valence-corrected chi connectivity index (χ2v) is 9.17. The van der Waals surface area contributed by atoms with E-state index in [0.717, 1.165) is 31.1 Å². The highest BCUT2D eigenvalue weighted by Gasteiger charge is 2.30. The third-order valence-electron chi connectivity index (χ3n) is 5.08. The average Bonchev–Trinajstić information content (AvgIpc) is 2.77. The molecule has 3 rings (SSSR count). The topological polar surface area (TPSA) is 66.9 Å². The summed E-state index contributed by atoms with van der Waals surface area (Å²) < 4.78 is 45.7. The number of ether oxygens (including phenoxy) is 1. The van der Waals surface area contributed by atoms with Crippen molar-refractivity contribution in [2.75, 3.05) is 32.8 Å².